The number of carbonyl (C=O) groups excluding carboxylic acids is 1. The number of hydrogen-bond acceptors (Lipinski definition) is 3. The van der Waals surface area contributed by atoms with Crippen molar-refractivity contribution < 1.29 is 4.79 Å². The number of benzene rings is 1. The van der Waals surface area contributed by atoms with Gasteiger partial charge in [-0.3, -0.25) is 9.48 Å². The molecule has 1 atom stereocenters. The fourth-order valence-electron chi connectivity index (χ4n) is 2.82. The van der Waals surface area contributed by atoms with Crippen molar-refractivity contribution in [2.75, 3.05) is 6.54 Å². The second-order valence-corrected chi connectivity index (χ2v) is 5.76. The van der Waals surface area contributed by atoms with Crippen LogP contribution in [0.2, 0.25) is 5.02 Å². The summed E-state index contributed by atoms with van der Waals surface area (Å²) < 4.78 is 1.64. The second-order valence-electron chi connectivity index (χ2n) is 5.32. The summed E-state index contributed by atoms with van der Waals surface area (Å²) in [7, 11) is 1.80. The quantitative estimate of drug-likeness (QED) is 0.875. The Hall–Kier alpha value is -1.88. The van der Waals surface area contributed by atoms with Crippen LogP contribution < -0.4 is 0 Å². The Morgan fingerprint density at radius 2 is 2.14 bits per heavy atom. The van der Waals surface area contributed by atoms with Crippen LogP contribution in [0.3, 0.4) is 0 Å². The molecule has 2 heterocycles. The fraction of sp³-hybridized carbons (Fsp3) is 0.400. The number of carbonyl (C=O) groups is 1. The highest BCUT2D eigenvalue weighted by atomic mass is 35.5. The molecule has 3 rings (SSSR count). The van der Waals surface area contributed by atoms with Crippen LogP contribution in [0, 0.1) is 0 Å². The van der Waals surface area contributed by atoms with Crippen LogP contribution in [0.25, 0.3) is 0 Å². The van der Waals surface area contributed by atoms with E-state index in [0.29, 0.717) is 6.42 Å². The van der Waals surface area contributed by atoms with Crippen molar-refractivity contribution in [2.24, 2.45) is 7.05 Å². The van der Waals surface area contributed by atoms with Gasteiger partial charge in [0, 0.05) is 18.6 Å². The molecule has 0 bridgehead atoms. The molecule has 110 valence electrons. The molecule has 21 heavy (non-hydrogen) atoms. The highest BCUT2D eigenvalue weighted by molar-refractivity contribution is 6.30. The van der Waals surface area contributed by atoms with E-state index in [1.54, 1.807) is 17.9 Å². The first-order valence-electron chi connectivity index (χ1n) is 7.03. The zero-order valence-electron chi connectivity index (χ0n) is 11.9. The molecular weight excluding hydrogens is 288 g/mol. The zero-order valence-corrected chi connectivity index (χ0v) is 12.6. The Morgan fingerprint density at radius 1 is 1.38 bits per heavy atom. The van der Waals surface area contributed by atoms with Crippen LogP contribution in [0.5, 0.6) is 0 Å². The van der Waals surface area contributed by atoms with E-state index in [-0.39, 0.29) is 11.9 Å². The molecule has 5 nitrogen and oxygen atoms in total. The standard InChI is InChI=1S/C15H17ClN4O/c1-19-13(10-17-18-19)9-15(21)20-8-2-3-14(20)11-4-6-12(16)7-5-11/h4-7,10,14H,2-3,8-9H2,1H3. The lowest BCUT2D eigenvalue weighted by Gasteiger charge is -2.25. The summed E-state index contributed by atoms with van der Waals surface area (Å²) in [6.45, 7) is 0.803. The van der Waals surface area contributed by atoms with Crippen LogP contribution in [0.4, 0.5) is 0 Å². The van der Waals surface area contributed by atoms with Crippen LogP contribution in [0.15, 0.2) is 30.5 Å². The summed E-state index contributed by atoms with van der Waals surface area (Å²) in [5, 5.41) is 8.40. The van der Waals surface area contributed by atoms with E-state index < -0.39 is 0 Å². The Kier molecular flexibility index (Phi) is 3.92. The van der Waals surface area contributed by atoms with E-state index >= 15 is 0 Å². The van der Waals surface area contributed by atoms with Crippen molar-refractivity contribution >= 4 is 17.5 Å². The molecule has 1 aliphatic rings. The van der Waals surface area contributed by atoms with Gasteiger partial charge in [-0.25, -0.2) is 0 Å². The largest absolute Gasteiger partial charge is 0.335 e. The van der Waals surface area contributed by atoms with E-state index in [4.69, 9.17) is 11.6 Å². The van der Waals surface area contributed by atoms with Gasteiger partial charge in [-0.2, -0.15) is 0 Å². The number of nitrogens with zero attached hydrogens (tertiary/aromatic N) is 4. The smallest absolute Gasteiger partial charge is 0.229 e. The van der Waals surface area contributed by atoms with E-state index in [2.05, 4.69) is 10.3 Å². The first-order valence-corrected chi connectivity index (χ1v) is 7.41. The van der Waals surface area contributed by atoms with Gasteiger partial charge in [-0.1, -0.05) is 28.9 Å². The maximum Gasteiger partial charge on any atom is 0.229 e. The van der Waals surface area contributed by atoms with Gasteiger partial charge < -0.3 is 4.90 Å². The Morgan fingerprint density at radius 3 is 2.81 bits per heavy atom. The summed E-state index contributed by atoms with van der Waals surface area (Å²) in [6.07, 6.45) is 4.01. The number of halogens is 1. The Balaban J connectivity index is 1.76. The number of hydrogen-bond donors (Lipinski definition) is 0. The summed E-state index contributed by atoms with van der Waals surface area (Å²) in [4.78, 5) is 14.5. The molecule has 1 aliphatic heterocycles. The lowest BCUT2D eigenvalue weighted by Crippen LogP contribution is -2.32. The summed E-state index contributed by atoms with van der Waals surface area (Å²) in [5.74, 6) is 0.123. The molecule has 1 amide bonds. The molecule has 1 aromatic carbocycles. The van der Waals surface area contributed by atoms with Crippen molar-refractivity contribution in [2.45, 2.75) is 25.3 Å². The minimum absolute atomic E-state index is 0.123. The van der Waals surface area contributed by atoms with Gasteiger partial charge in [0.25, 0.3) is 0 Å². The molecular formula is C15H17ClN4O. The Labute approximate surface area is 128 Å². The minimum Gasteiger partial charge on any atom is -0.335 e. The predicted molar refractivity (Wildman–Crippen MR) is 79.8 cm³/mol. The molecule has 2 aromatic rings. The molecule has 0 aliphatic carbocycles. The summed E-state index contributed by atoms with van der Waals surface area (Å²) in [6, 6.07) is 7.91. The first-order chi connectivity index (χ1) is 10.1. The number of aromatic nitrogens is 3. The monoisotopic (exact) mass is 304 g/mol. The number of likely N-dealkylation sites (tertiary alicyclic amines) is 1. The molecule has 0 N–H and O–H groups in total. The molecule has 1 unspecified atom stereocenters. The Bertz CT molecular complexity index is 637. The maximum atomic E-state index is 12.5. The van der Waals surface area contributed by atoms with Crippen molar-refractivity contribution in [1.82, 2.24) is 19.9 Å². The van der Waals surface area contributed by atoms with Gasteiger partial charge in [-0.15, -0.1) is 5.10 Å². The van der Waals surface area contributed by atoms with E-state index in [1.807, 2.05) is 29.2 Å². The molecule has 0 saturated carbocycles. The van der Waals surface area contributed by atoms with Gasteiger partial charge in [0.05, 0.1) is 24.4 Å². The highest BCUT2D eigenvalue weighted by Crippen LogP contribution is 2.32. The maximum absolute atomic E-state index is 12.5. The van der Waals surface area contributed by atoms with Gasteiger partial charge in [-0.05, 0) is 30.5 Å². The van der Waals surface area contributed by atoms with Crippen molar-refractivity contribution in [3.05, 3.63) is 46.7 Å². The predicted octanol–water partition coefficient (Wildman–Crippen LogP) is 2.37. The second kappa shape index (κ2) is 5.85. The lowest BCUT2D eigenvalue weighted by atomic mass is 10.0. The number of amides is 1. The molecule has 6 heteroatoms. The normalized spacial score (nSPS) is 18.2. The zero-order chi connectivity index (χ0) is 14.8. The number of rotatable bonds is 3. The minimum atomic E-state index is 0.123. The summed E-state index contributed by atoms with van der Waals surface area (Å²) >= 11 is 5.93. The third-order valence-electron chi connectivity index (χ3n) is 3.97. The van der Waals surface area contributed by atoms with Gasteiger partial charge >= 0.3 is 0 Å². The average molecular weight is 305 g/mol. The van der Waals surface area contributed by atoms with Crippen molar-refractivity contribution in [3.8, 4) is 0 Å². The molecule has 1 aromatic heterocycles. The highest BCUT2D eigenvalue weighted by Gasteiger charge is 2.30. The molecule has 0 radical (unpaired) electrons. The average Bonchev–Trinajstić information content (AvgIpc) is 3.09. The van der Waals surface area contributed by atoms with Gasteiger partial charge in [0.1, 0.15) is 0 Å². The SMILES string of the molecule is Cn1nncc1CC(=O)N1CCCC1c1ccc(Cl)cc1. The molecule has 0 spiro atoms. The van der Waals surface area contributed by atoms with E-state index in [1.165, 1.54) is 0 Å². The fourth-order valence-corrected chi connectivity index (χ4v) is 2.95. The first kappa shape index (κ1) is 14.1. The third-order valence-corrected chi connectivity index (χ3v) is 4.22. The molecule has 1 fully saturated rings. The van der Waals surface area contributed by atoms with Crippen LogP contribution >= 0.6 is 11.6 Å². The third kappa shape index (κ3) is 2.93. The number of aryl methyl sites for hydroxylation is 1. The van der Waals surface area contributed by atoms with Crippen molar-refractivity contribution in [1.29, 1.82) is 0 Å². The van der Waals surface area contributed by atoms with Crippen LogP contribution in [-0.2, 0) is 18.3 Å². The van der Waals surface area contributed by atoms with Crippen molar-refractivity contribution in [3.63, 3.8) is 0 Å². The summed E-state index contributed by atoms with van der Waals surface area (Å²) in [5.41, 5.74) is 1.98. The topological polar surface area (TPSA) is 51.0 Å². The van der Waals surface area contributed by atoms with Gasteiger partial charge in [0.2, 0.25) is 5.91 Å². The molecule has 1 saturated heterocycles. The van der Waals surface area contributed by atoms with Gasteiger partial charge in [0.15, 0.2) is 0 Å². The lowest BCUT2D eigenvalue weighted by molar-refractivity contribution is -0.131. The van der Waals surface area contributed by atoms with Crippen LogP contribution in [0.1, 0.15) is 30.1 Å². The van der Waals surface area contributed by atoms with E-state index in [0.717, 1.165) is 35.7 Å². The van der Waals surface area contributed by atoms with Crippen LogP contribution in [-0.4, -0.2) is 32.3 Å². The van der Waals surface area contributed by atoms with E-state index in [9.17, 15) is 4.79 Å².